The molecule has 0 radical (unpaired) electrons. The second-order valence-electron chi connectivity index (χ2n) is 6.18. The monoisotopic (exact) mass is 427 g/mol. The number of carbonyl (C=O) groups is 1. The van der Waals surface area contributed by atoms with Crippen molar-refractivity contribution in [2.24, 2.45) is 5.10 Å². The third kappa shape index (κ3) is 4.20. The fraction of sp³-hybridized carbons (Fsp3) is 0.200. The van der Waals surface area contributed by atoms with Crippen LogP contribution in [0.15, 0.2) is 62.5 Å². The average Bonchev–Trinajstić information content (AvgIpc) is 3.12. The normalized spacial score (nSPS) is 14.8. The molecule has 2 aromatic carbocycles. The molecule has 0 aliphatic carbocycles. The molecule has 7 heteroatoms. The molecule has 0 saturated carbocycles. The first-order valence-electron chi connectivity index (χ1n) is 8.64. The summed E-state index contributed by atoms with van der Waals surface area (Å²) in [5.41, 5.74) is 5.22. The number of benzene rings is 2. The van der Waals surface area contributed by atoms with Crippen LogP contribution >= 0.6 is 15.9 Å². The fourth-order valence-corrected chi connectivity index (χ4v) is 3.32. The third-order valence-electron chi connectivity index (χ3n) is 4.35. The molecule has 27 heavy (non-hydrogen) atoms. The van der Waals surface area contributed by atoms with Gasteiger partial charge in [-0.25, -0.2) is 5.43 Å². The van der Waals surface area contributed by atoms with Crippen LogP contribution < -0.4 is 10.3 Å². The smallest absolute Gasteiger partial charge is 0.307 e. The summed E-state index contributed by atoms with van der Waals surface area (Å²) in [6, 6.07) is 15.3. The summed E-state index contributed by atoms with van der Waals surface area (Å²) in [4.78, 5) is 14.5. The van der Waals surface area contributed by atoms with Crippen molar-refractivity contribution in [3.8, 4) is 0 Å². The van der Waals surface area contributed by atoms with E-state index in [1.807, 2.05) is 42.5 Å². The van der Waals surface area contributed by atoms with Crippen LogP contribution in [-0.2, 0) is 4.74 Å². The second kappa shape index (κ2) is 7.94. The SMILES string of the molecule is O=C(NN=Cc1ccc(N2CCOCC2)cc1)c1cc2cc(Br)ccc2o1. The van der Waals surface area contributed by atoms with E-state index in [0.717, 1.165) is 47.4 Å². The highest BCUT2D eigenvalue weighted by Crippen LogP contribution is 2.23. The zero-order valence-electron chi connectivity index (χ0n) is 14.5. The first kappa shape index (κ1) is 17.8. The molecule has 0 atom stereocenters. The van der Waals surface area contributed by atoms with E-state index in [-0.39, 0.29) is 11.7 Å². The fourth-order valence-electron chi connectivity index (χ4n) is 2.94. The van der Waals surface area contributed by atoms with Gasteiger partial charge >= 0.3 is 5.91 Å². The molecule has 3 aromatic rings. The topological polar surface area (TPSA) is 67.1 Å². The highest BCUT2D eigenvalue weighted by molar-refractivity contribution is 9.10. The number of carbonyl (C=O) groups excluding carboxylic acids is 1. The quantitative estimate of drug-likeness (QED) is 0.507. The van der Waals surface area contributed by atoms with Crippen molar-refractivity contribution < 1.29 is 13.9 Å². The van der Waals surface area contributed by atoms with Crippen LogP contribution in [0.25, 0.3) is 11.0 Å². The molecule has 0 bridgehead atoms. The number of rotatable bonds is 4. The van der Waals surface area contributed by atoms with Gasteiger partial charge in [0.15, 0.2) is 5.76 Å². The van der Waals surface area contributed by atoms with Crippen molar-refractivity contribution in [2.45, 2.75) is 0 Å². The van der Waals surface area contributed by atoms with E-state index in [2.05, 4.69) is 31.4 Å². The molecular formula is C20H18BrN3O3. The number of hydrogen-bond acceptors (Lipinski definition) is 5. The lowest BCUT2D eigenvalue weighted by Crippen LogP contribution is -2.36. The van der Waals surface area contributed by atoms with Crippen molar-refractivity contribution in [2.75, 3.05) is 31.2 Å². The maximum atomic E-state index is 12.2. The average molecular weight is 428 g/mol. The van der Waals surface area contributed by atoms with Gasteiger partial charge in [0.25, 0.3) is 0 Å². The molecule has 1 aliphatic rings. The van der Waals surface area contributed by atoms with E-state index in [1.54, 1.807) is 12.3 Å². The predicted octanol–water partition coefficient (Wildman–Crippen LogP) is 3.80. The molecule has 1 fully saturated rings. The lowest BCUT2D eigenvalue weighted by molar-refractivity contribution is 0.0929. The first-order chi connectivity index (χ1) is 13.2. The van der Waals surface area contributed by atoms with Crippen LogP contribution in [0.5, 0.6) is 0 Å². The number of hydrogen-bond donors (Lipinski definition) is 1. The number of amides is 1. The maximum absolute atomic E-state index is 12.2. The van der Waals surface area contributed by atoms with Crippen LogP contribution in [0.3, 0.4) is 0 Å². The third-order valence-corrected chi connectivity index (χ3v) is 4.84. The molecule has 4 rings (SSSR count). The van der Waals surface area contributed by atoms with E-state index >= 15 is 0 Å². The Bertz CT molecular complexity index is 976. The van der Waals surface area contributed by atoms with E-state index in [4.69, 9.17) is 9.15 Å². The van der Waals surface area contributed by atoms with Crippen molar-refractivity contribution in [3.63, 3.8) is 0 Å². The van der Waals surface area contributed by atoms with E-state index in [1.165, 1.54) is 0 Å². The number of nitrogens with one attached hydrogen (secondary N) is 1. The standard InChI is InChI=1S/C20H18BrN3O3/c21-16-3-6-18-15(11-16)12-19(27-18)20(25)23-22-13-14-1-4-17(5-2-14)24-7-9-26-10-8-24/h1-6,11-13H,7-10H2,(H,23,25). The van der Waals surface area contributed by atoms with Gasteiger partial charge in [-0.15, -0.1) is 0 Å². The molecule has 0 spiro atoms. The Labute approximate surface area is 164 Å². The Morgan fingerprint density at radius 2 is 1.89 bits per heavy atom. The minimum absolute atomic E-state index is 0.225. The van der Waals surface area contributed by atoms with Crippen LogP contribution in [0, 0.1) is 0 Å². The Balaban J connectivity index is 1.38. The summed E-state index contributed by atoms with van der Waals surface area (Å²) in [5.74, 6) is -0.161. The molecule has 1 saturated heterocycles. The highest BCUT2D eigenvalue weighted by atomic mass is 79.9. The Kier molecular flexibility index (Phi) is 5.22. The van der Waals surface area contributed by atoms with E-state index in [0.29, 0.717) is 5.58 Å². The number of nitrogens with zero attached hydrogens (tertiary/aromatic N) is 2. The van der Waals surface area contributed by atoms with Crippen LogP contribution in [-0.4, -0.2) is 38.4 Å². The Morgan fingerprint density at radius 1 is 1.11 bits per heavy atom. The van der Waals surface area contributed by atoms with Crippen LogP contribution in [0.2, 0.25) is 0 Å². The number of ether oxygens (including phenoxy) is 1. The van der Waals surface area contributed by atoms with Gasteiger partial charge in [-0.2, -0.15) is 5.10 Å². The summed E-state index contributed by atoms with van der Waals surface area (Å²) in [6.07, 6.45) is 1.61. The molecule has 0 unspecified atom stereocenters. The van der Waals surface area contributed by atoms with Gasteiger partial charge in [0, 0.05) is 28.6 Å². The van der Waals surface area contributed by atoms with Gasteiger partial charge in [-0.3, -0.25) is 4.79 Å². The predicted molar refractivity (Wildman–Crippen MR) is 108 cm³/mol. The summed E-state index contributed by atoms with van der Waals surface area (Å²) < 4.78 is 11.8. The number of furan rings is 1. The molecule has 6 nitrogen and oxygen atoms in total. The zero-order chi connectivity index (χ0) is 18.6. The van der Waals surface area contributed by atoms with Gasteiger partial charge in [0.05, 0.1) is 19.4 Å². The summed E-state index contributed by atoms with van der Waals surface area (Å²) >= 11 is 3.40. The van der Waals surface area contributed by atoms with Crippen molar-refractivity contribution in [3.05, 3.63) is 64.3 Å². The second-order valence-corrected chi connectivity index (χ2v) is 7.10. The molecular weight excluding hydrogens is 410 g/mol. The molecule has 1 aromatic heterocycles. The van der Waals surface area contributed by atoms with E-state index < -0.39 is 0 Å². The minimum Gasteiger partial charge on any atom is -0.451 e. The highest BCUT2D eigenvalue weighted by Gasteiger charge is 2.12. The van der Waals surface area contributed by atoms with Gasteiger partial charge in [-0.05, 0) is 42.0 Å². The maximum Gasteiger partial charge on any atom is 0.307 e. The minimum atomic E-state index is -0.386. The molecule has 138 valence electrons. The zero-order valence-corrected chi connectivity index (χ0v) is 16.1. The van der Waals surface area contributed by atoms with Crippen molar-refractivity contribution in [1.82, 2.24) is 5.43 Å². The van der Waals surface area contributed by atoms with Crippen molar-refractivity contribution in [1.29, 1.82) is 0 Å². The summed E-state index contributed by atoms with van der Waals surface area (Å²) in [5, 5.41) is 4.88. The lowest BCUT2D eigenvalue weighted by Gasteiger charge is -2.28. The van der Waals surface area contributed by atoms with E-state index in [9.17, 15) is 4.79 Å². The number of halogens is 1. The Morgan fingerprint density at radius 3 is 2.67 bits per heavy atom. The number of anilines is 1. The van der Waals surface area contributed by atoms with Gasteiger partial charge in [-0.1, -0.05) is 28.1 Å². The number of fused-ring (bicyclic) bond motifs is 1. The molecule has 1 N–H and O–H groups in total. The lowest BCUT2D eigenvalue weighted by atomic mass is 10.2. The van der Waals surface area contributed by atoms with Gasteiger partial charge in [0.1, 0.15) is 5.58 Å². The Hall–Kier alpha value is -2.64. The van der Waals surface area contributed by atoms with Crippen LogP contribution in [0.4, 0.5) is 5.69 Å². The van der Waals surface area contributed by atoms with Crippen LogP contribution in [0.1, 0.15) is 16.1 Å². The first-order valence-corrected chi connectivity index (χ1v) is 9.43. The van der Waals surface area contributed by atoms with Crippen molar-refractivity contribution >= 4 is 44.7 Å². The summed E-state index contributed by atoms with van der Waals surface area (Å²) in [7, 11) is 0. The number of hydrazone groups is 1. The van der Waals surface area contributed by atoms with Gasteiger partial charge < -0.3 is 14.1 Å². The van der Waals surface area contributed by atoms with Gasteiger partial charge in [0.2, 0.25) is 0 Å². The summed E-state index contributed by atoms with van der Waals surface area (Å²) in [6.45, 7) is 3.32. The molecule has 1 aliphatic heterocycles. The molecule has 2 heterocycles. The molecule has 1 amide bonds. The number of morpholine rings is 1. The largest absolute Gasteiger partial charge is 0.451 e.